The lowest BCUT2D eigenvalue weighted by Gasteiger charge is -2.28. The Kier molecular flexibility index (Phi) is 5.50. The zero-order chi connectivity index (χ0) is 19.7. The highest BCUT2D eigenvalue weighted by atomic mass is 16.3. The summed E-state index contributed by atoms with van der Waals surface area (Å²) in [5.41, 5.74) is 4.56. The van der Waals surface area contributed by atoms with Crippen LogP contribution in [0, 0.1) is 0 Å². The lowest BCUT2D eigenvalue weighted by Crippen LogP contribution is -2.20. The molecule has 2 rings (SSSR count). The van der Waals surface area contributed by atoms with Crippen LogP contribution in [-0.2, 0) is 10.8 Å². The van der Waals surface area contributed by atoms with E-state index in [2.05, 4.69) is 65.8 Å². The largest absolute Gasteiger partial charge is 0.507 e. The smallest absolute Gasteiger partial charge is 0.123 e. The van der Waals surface area contributed by atoms with E-state index in [0.717, 1.165) is 28.0 Å². The van der Waals surface area contributed by atoms with Crippen LogP contribution in [0.25, 0.3) is 0 Å². The summed E-state index contributed by atoms with van der Waals surface area (Å²) in [6.45, 7) is 12.8. The van der Waals surface area contributed by atoms with Crippen molar-refractivity contribution in [3.63, 3.8) is 0 Å². The predicted molar refractivity (Wildman–Crippen MR) is 111 cm³/mol. The Bertz CT molecular complexity index is 756. The molecule has 0 atom stereocenters. The number of hydrogen-bond donors (Lipinski definition) is 1. The molecule has 3 nitrogen and oxygen atoms in total. The number of hydrazone groups is 1. The molecule has 0 amide bonds. The van der Waals surface area contributed by atoms with Crippen LogP contribution in [-0.4, -0.2) is 29.9 Å². The van der Waals surface area contributed by atoms with E-state index in [-0.39, 0.29) is 10.8 Å². The Hall–Kier alpha value is -2.29. The molecule has 3 heteroatoms. The number of rotatable bonds is 3. The van der Waals surface area contributed by atoms with Gasteiger partial charge in [0.25, 0.3) is 0 Å². The van der Waals surface area contributed by atoms with E-state index in [1.807, 2.05) is 37.3 Å². The maximum absolute atomic E-state index is 11.0. The van der Waals surface area contributed by atoms with Gasteiger partial charge in [0.1, 0.15) is 5.75 Å². The molecule has 2 aromatic rings. The minimum absolute atomic E-state index is 0.167. The highest BCUT2D eigenvalue weighted by Crippen LogP contribution is 2.40. The van der Waals surface area contributed by atoms with Gasteiger partial charge in [0.15, 0.2) is 0 Å². The van der Waals surface area contributed by atoms with E-state index in [0.29, 0.717) is 5.75 Å². The number of aromatic hydroxyl groups is 1. The van der Waals surface area contributed by atoms with E-state index in [1.165, 1.54) is 0 Å². The normalized spacial score (nSPS) is 13.0. The van der Waals surface area contributed by atoms with Crippen LogP contribution in [0.1, 0.15) is 63.8 Å². The SMILES string of the molecule is CN(C)N=C(c1ccccc1)c1cc(C(C)(C)C)c(O)c(C(C)(C)C)c1. The van der Waals surface area contributed by atoms with Gasteiger partial charge in [-0.15, -0.1) is 0 Å². The number of phenolic OH excluding ortho intramolecular Hbond substituents is 1. The molecular formula is C23H32N2O. The quantitative estimate of drug-likeness (QED) is 0.601. The predicted octanol–water partition coefficient (Wildman–Crippen LogP) is 5.30. The van der Waals surface area contributed by atoms with Crippen LogP contribution in [0.4, 0.5) is 0 Å². The molecule has 0 aliphatic rings. The Morgan fingerprint density at radius 2 is 1.27 bits per heavy atom. The Balaban J connectivity index is 2.82. The number of benzene rings is 2. The van der Waals surface area contributed by atoms with E-state index in [4.69, 9.17) is 5.10 Å². The standard InChI is InChI=1S/C23H32N2O/c1-22(2,3)18-14-17(15-19(21(18)26)23(4,5)6)20(24-25(7)8)16-12-10-9-11-13-16/h9-15,26H,1-8H3. The molecule has 0 aromatic heterocycles. The summed E-state index contributed by atoms with van der Waals surface area (Å²) in [5.74, 6) is 0.394. The Morgan fingerprint density at radius 1 is 0.808 bits per heavy atom. The van der Waals surface area contributed by atoms with Gasteiger partial charge in [-0.2, -0.15) is 5.10 Å². The first-order chi connectivity index (χ1) is 11.9. The van der Waals surface area contributed by atoms with Gasteiger partial charge in [-0.05, 0) is 23.0 Å². The fourth-order valence-electron chi connectivity index (χ4n) is 2.99. The van der Waals surface area contributed by atoms with E-state index in [1.54, 1.807) is 0 Å². The molecule has 0 aliphatic heterocycles. The average Bonchev–Trinajstić information content (AvgIpc) is 2.51. The van der Waals surface area contributed by atoms with Crippen molar-refractivity contribution in [3.8, 4) is 5.75 Å². The van der Waals surface area contributed by atoms with Crippen LogP contribution in [0.2, 0.25) is 0 Å². The minimum atomic E-state index is -0.167. The fraction of sp³-hybridized carbons (Fsp3) is 0.435. The van der Waals surface area contributed by atoms with Gasteiger partial charge in [0.05, 0.1) is 5.71 Å². The lowest BCUT2D eigenvalue weighted by atomic mass is 9.77. The molecule has 0 saturated heterocycles. The zero-order valence-corrected chi connectivity index (χ0v) is 17.4. The molecule has 0 saturated carbocycles. The second kappa shape index (κ2) is 7.14. The second-order valence-electron chi connectivity index (χ2n) is 9.08. The van der Waals surface area contributed by atoms with Gasteiger partial charge in [0.2, 0.25) is 0 Å². The van der Waals surface area contributed by atoms with Gasteiger partial charge >= 0.3 is 0 Å². The molecule has 0 heterocycles. The molecule has 2 aromatic carbocycles. The first-order valence-corrected chi connectivity index (χ1v) is 9.11. The third kappa shape index (κ3) is 4.46. The first kappa shape index (κ1) is 20.0. The van der Waals surface area contributed by atoms with Crippen molar-refractivity contribution >= 4 is 5.71 Å². The van der Waals surface area contributed by atoms with Crippen LogP contribution in [0.15, 0.2) is 47.6 Å². The summed E-state index contributed by atoms with van der Waals surface area (Å²) >= 11 is 0. The molecule has 140 valence electrons. The summed E-state index contributed by atoms with van der Waals surface area (Å²) < 4.78 is 0. The minimum Gasteiger partial charge on any atom is -0.507 e. The molecule has 1 N–H and O–H groups in total. The van der Waals surface area contributed by atoms with Gasteiger partial charge in [0, 0.05) is 36.3 Å². The molecule has 26 heavy (non-hydrogen) atoms. The third-order valence-electron chi connectivity index (χ3n) is 4.35. The zero-order valence-electron chi connectivity index (χ0n) is 17.4. The van der Waals surface area contributed by atoms with Gasteiger partial charge < -0.3 is 10.1 Å². The highest BCUT2D eigenvalue weighted by molar-refractivity contribution is 6.13. The maximum atomic E-state index is 11.0. The number of nitrogens with zero attached hydrogens (tertiary/aromatic N) is 2. The van der Waals surface area contributed by atoms with Gasteiger partial charge in [-0.1, -0.05) is 71.9 Å². The second-order valence-corrected chi connectivity index (χ2v) is 9.08. The highest BCUT2D eigenvalue weighted by Gasteiger charge is 2.27. The summed E-state index contributed by atoms with van der Waals surface area (Å²) in [4.78, 5) is 0. The molecular weight excluding hydrogens is 320 g/mol. The van der Waals surface area contributed by atoms with Crippen LogP contribution >= 0.6 is 0 Å². The summed E-state index contributed by atoms with van der Waals surface area (Å²) in [6, 6.07) is 14.4. The molecule has 0 unspecified atom stereocenters. The molecule has 0 radical (unpaired) electrons. The van der Waals surface area contributed by atoms with Crippen molar-refractivity contribution in [1.82, 2.24) is 5.01 Å². The summed E-state index contributed by atoms with van der Waals surface area (Å²) in [5, 5.41) is 17.6. The van der Waals surface area contributed by atoms with Crippen molar-refractivity contribution in [2.75, 3.05) is 14.1 Å². The fourth-order valence-corrected chi connectivity index (χ4v) is 2.99. The van der Waals surface area contributed by atoms with Crippen molar-refractivity contribution < 1.29 is 5.11 Å². The van der Waals surface area contributed by atoms with Crippen molar-refractivity contribution in [1.29, 1.82) is 0 Å². The Labute approximate surface area is 158 Å². The van der Waals surface area contributed by atoms with Crippen LogP contribution in [0.5, 0.6) is 5.75 Å². The van der Waals surface area contributed by atoms with Crippen LogP contribution < -0.4 is 0 Å². The van der Waals surface area contributed by atoms with Crippen molar-refractivity contribution in [2.45, 2.75) is 52.4 Å². The van der Waals surface area contributed by atoms with Gasteiger partial charge in [-0.3, -0.25) is 0 Å². The average molecular weight is 353 g/mol. The Morgan fingerprint density at radius 3 is 1.65 bits per heavy atom. The monoisotopic (exact) mass is 352 g/mol. The van der Waals surface area contributed by atoms with Crippen LogP contribution in [0.3, 0.4) is 0 Å². The van der Waals surface area contributed by atoms with E-state index >= 15 is 0 Å². The summed E-state index contributed by atoms with van der Waals surface area (Å²) in [7, 11) is 3.86. The number of phenols is 1. The molecule has 0 bridgehead atoms. The van der Waals surface area contributed by atoms with Crippen molar-refractivity contribution in [2.24, 2.45) is 5.10 Å². The summed E-state index contributed by atoms with van der Waals surface area (Å²) in [6.07, 6.45) is 0. The lowest BCUT2D eigenvalue weighted by molar-refractivity contribution is 0.423. The molecule has 0 aliphatic carbocycles. The van der Waals surface area contributed by atoms with E-state index in [9.17, 15) is 5.11 Å². The van der Waals surface area contributed by atoms with Crippen molar-refractivity contribution in [3.05, 3.63) is 64.7 Å². The maximum Gasteiger partial charge on any atom is 0.123 e. The van der Waals surface area contributed by atoms with Gasteiger partial charge in [-0.25, -0.2) is 0 Å². The third-order valence-corrected chi connectivity index (χ3v) is 4.35. The first-order valence-electron chi connectivity index (χ1n) is 9.11. The molecule has 0 spiro atoms. The topological polar surface area (TPSA) is 35.8 Å². The number of hydrogen-bond acceptors (Lipinski definition) is 3. The van der Waals surface area contributed by atoms with E-state index < -0.39 is 0 Å². The molecule has 0 fully saturated rings.